The summed E-state index contributed by atoms with van der Waals surface area (Å²) < 4.78 is 1.73. The highest BCUT2D eigenvalue weighted by Gasteiger charge is 2.23. The van der Waals surface area contributed by atoms with Crippen molar-refractivity contribution in [3.05, 3.63) is 83.7 Å². The van der Waals surface area contributed by atoms with Crippen LogP contribution in [0.1, 0.15) is 39.1 Å². The summed E-state index contributed by atoms with van der Waals surface area (Å²) in [5.41, 5.74) is 2.84. The maximum absolute atomic E-state index is 12.4. The summed E-state index contributed by atoms with van der Waals surface area (Å²) in [7, 11) is 0. The van der Waals surface area contributed by atoms with Gasteiger partial charge in [-0.2, -0.15) is 5.10 Å². The molecule has 0 atom stereocenters. The first kappa shape index (κ1) is 17.0. The molecule has 27 heavy (non-hydrogen) atoms. The summed E-state index contributed by atoms with van der Waals surface area (Å²) in [6, 6.07) is 17.2. The fraction of sp³-hybridized carbons (Fsp3) is 0.190. The van der Waals surface area contributed by atoms with E-state index in [2.05, 4.69) is 15.7 Å². The van der Waals surface area contributed by atoms with Gasteiger partial charge in [0.2, 0.25) is 0 Å². The third-order valence-electron chi connectivity index (χ3n) is 4.40. The normalized spacial score (nSPS) is 13.2. The van der Waals surface area contributed by atoms with Crippen LogP contribution >= 0.6 is 0 Å². The van der Waals surface area contributed by atoms with Crippen molar-refractivity contribution in [2.24, 2.45) is 0 Å². The van der Waals surface area contributed by atoms with Crippen molar-refractivity contribution < 1.29 is 9.59 Å². The lowest BCUT2D eigenvalue weighted by atomic mass is 10.2. The number of rotatable bonds is 6. The Kier molecular flexibility index (Phi) is 4.70. The van der Waals surface area contributed by atoms with Crippen molar-refractivity contribution in [3.63, 3.8) is 0 Å². The Bertz CT molecular complexity index is 944. The number of benzene rings is 2. The van der Waals surface area contributed by atoms with E-state index < -0.39 is 0 Å². The molecule has 4 rings (SSSR count). The Morgan fingerprint density at radius 2 is 1.70 bits per heavy atom. The molecule has 6 heteroatoms. The van der Waals surface area contributed by atoms with Gasteiger partial charge in [-0.25, -0.2) is 0 Å². The summed E-state index contributed by atoms with van der Waals surface area (Å²) >= 11 is 0. The van der Waals surface area contributed by atoms with Crippen LogP contribution in [-0.2, 0) is 6.54 Å². The highest BCUT2D eigenvalue weighted by Crippen LogP contribution is 2.20. The van der Waals surface area contributed by atoms with Crippen LogP contribution in [0.15, 0.2) is 67.0 Å². The fourth-order valence-corrected chi connectivity index (χ4v) is 2.74. The van der Waals surface area contributed by atoms with Gasteiger partial charge in [0.15, 0.2) is 0 Å². The SMILES string of the molecule is O=C(Nc1ccc(C(=O)NC2CC2)cc1)c1cnn(Cc2ccccc2)c1. The molecule has 0 aliphatic heterocycles. The van der Waals surface area contributed by atoms with Crippen LogP contribution in [0, 0.1) is 0 Å². The Hall–Kier alpha value is -3.41. The topological polar surface area (TPSA) is 76.0 Å². The van der Waals surface area contributed by atoms with Crippen LogP contribution < -0.4 is 10.6 Å². The van der Waals surface area contributed by atoms with Gasteiger partial charge in [-0.15, -0.1) is 0 Å². The standard InChI is InChI=1S/C21H20N4O2/c26-20(23-19-10-11-19)16-6-8-18(9-7-16)24-21(27)17-12-22-25(14-17)13-15-4-2-1-3-5-15/h1-9,12,14,19H,10-11,13H2,(H,23,26)(H,24,27). The second-order valence-corrected chi connectivity index (χ2v) is 6.69. The smallest absolute Gasteiger partial charge is 0.258 e. The first-order valence-corrected chi connectivity index (χ1v) is 8.96. The highest BCUT2D eigenvalue weighted by molar-refractivity contribution is 6.04. The maximum atomic E-state index is 12.4. The number of carbonyl (C=O) groups excluding carboxylic acids is 2. The maximum Gasteiger partial charge on any atom is 0.258 e. The van der Waals surface area contributed by atoms with Crippen LogP contribution in [0.4, 0.5) is 5.69 Å². The summed E-state index contributed by atoms with van der Waals surface area (Å²) in [6.07, 6.45) is 5.38. The predicted octanol–water partition coefficient (Wildman–Crippen LogP) is 3.08. The van der Waals surface area contributed by atoms with Gasteiger partial charge in [-0.1, -0.05) is 30.3 Å². The summed E-state index contributed by atoms with van der Waals surface area (Å²) in [6.45, 7) is 0.610. The summed E-state index contributed by atoms with van der Waals surface area (Å²) in [5.74, 6) is -0.304. The van der Waals surface area contributed by atoms with E-state index in [1.165, 1.54) is 0 Å². The van der Waals surface area contributed by atoms with Crippen molar-refractivity contribution >= 4 is 17.5 Å². The van der Waals surface area contributed by atoms with Gasteiger partial charge in [0.05, 0.1) is 18.3 Å². The van der Waals surface area contributed by atoms with Crippen molar-refractivity contribution in [1.29, 1.82) is 0 Å². The number of hydrogen-bond acceptors (Lipinski definition) is 3. The molecule has 0 spiro atoms. The predicted molar refractivity (Wildman–Crippen MR) is 103 cm³/mol. The molecule has 0 saturated heterocycles. The lowest BCUT2D eigenvalue weighted by Gasteiger charge is -2.06. The fourth-order valence-electron chi connectivity index (χ4n) is 2.74. The molecular weight excluding hydrogens is 340 g/mol. The second kappa shape index (κ2) is 7.45. The lowest BCUT2D eigenvalue weighted by molar-refractivity contribution is 0.0950. The quantitative estimate of drug-likeness (QED) is 0.709. The number of aromatic nitrogens is 2. The summed E-state index contributed by atoms with van der Waals surface area (Å²) in [4.78, 5) is 24.4. The van der Waals surface area contributed by atoms with Crippen LogP contribution in [0.5, 0.6) is 0 Å². The van der Waals surface area contributed by atoms with E-state index in [-0.39, 0.29) is 11.8 Å². The number of amides is 2. The number of nitrogens with zero attached hydrogens (tertiary/aromatic N) is 2. The molecule has 0 bridgehead atoms. The molecule has 6 nitrogen and oxygen atoms in total. The molecule has 0 unspecified atom stereocenters. The van der Waals surface area contributed by atoms with Crippen LogP contribution in [0.3, 0.4) is 0 Å². The molecule has 1 heterocycles. The third-order valence-corrected chi connectivity index (χ3v) is 4.40. The van der Waals surface area contributed by atoms with Gasteiger partial charge in [0, 0.05) is 23.5 Å². The van der Waals surface area contributed by atoms with E-state index in [4.69, 9.17) is 0 Å². The molecule has 1 aliphatic carbocycles. The molecule has 1 aromatic heterocycles. The summed E-state index contributed by atoms with van der Waals surface area (Å²) in [5, 5.41) is 10.0. The van der Waals surface area contributed by atoms with Gasteiger partial charge < -0.3 is 10.6 Å². The van der Waals surface area contributed by atoms with Crippen molar-refractivity contribution in [2.45, 2.75) is 25.4 Å². The minimum Gasteiger partial charge on any atom is -0.349 e. The molecule has 1 fully saturated rings. The van der Waals surface area contributed by atoms with Crippen molar-refractivity contribution in [1.82, 2.24) is 15.1 Å². The number of anilines is 1. The highest BCUT2D eigenvalue weighted by atomic mass is 16.2. The van der Waals surface area contributed by atoms with E-state index in [0.29, 0.717) is 29.4 Å². The molecule has 1 saturated carbocycles. The minimum absolute atomic E-state index is 0.0717. The Morgan fingerprint density at radius 1 is 0.963 bits per heavy atom. The molecular formula is C21H20N4O2. The van der Waals surface area contributed by atoms with E-state index in [9.17, 15) is 9.59 Å². The molecule has 3 aromatic rings. The molecule has 136 valence electrons. The van der Waals surface area contributed by atoms with E-state index in [0.717, 1.165) is 18.4 Å². The van der Waals surface area contributed by atoms with E-state index in [1.807, 2.05) is 30.3 Å². The number of carbonyl (C=O) groups is 2. The van der Waals surface area contributed by atoms with E-state index in [1.54, 1.807) is 41.3 Å². The largest absolute Gasteiger partial charge is 0.349 e. The minimum atomic E-state index is -0.232. The Balaban J connectivity index is 1.36. The molecule has 2 aromatic carbocycles. The zero-order valence-corrected chi connectivity index (χ0v) is 14.8. The van der Waals surface area contributed by atoms with E-state index >= 15 is 0 Å². The lowest BCUT2D eigenvalue weighted by Crippen LogP contribution is -2.25. The zero-order chi connectivity index (χ0) is 18.6. The van der Waals surface area contributed by atoms with Crippen molar-refractivity contribution in [3.8, 4) is 0 Å². The average Bonchev–Trinajstić information content (AvgIpc) is 3.38. The molecule has 2 amide bonds. The second-order valence-electron chi connectivity index (χ2n) is 6.69. The van der Waals surface area contributed by atoms with Gasteiger partial charge in [-0.3, -0.25) is 14.3 Å². The van der Waals surface area contributed by atoms with Gasteiger partial charge in [0.25, 0.3) is 11.8 Å². The number of hydrogen-bond donors (Lipinski definition) is 2. The van der Waals surface area contributed by atoms with Crippen LogP contribution in [0.2, 0.25) is 0 Å². The first-order chi connectivity index (χ1) is 13.2. The number of nitrogens with one attached hydrogen (secondary N) is 2. The Morgan fingerprint density at radius 3 is 2.41 bits per heavy atom. The van der Waals surface area contributed by atoms with Gasteiger partial charge in [0.1, 0.15) is 0 Å². The first-order valence-electron chi connectivity index (χ1n) is 8.96. The monoisotopic (exact) mass is 360 g/mol. The molecule has 1 aliphatic rings. The van der Waals surface area contributed by atoms with Gasteiger partial charge >= 0.3 is 0 Å². The molecule has 2 N–H and O–H groups in total. The zero-order valence-electron chi connectivity index (χ0n) is 14.8. The Labute approximate surface area is 157 Å². The molecule has 0 radical (unpaired) electrons. The average molecular weight is 360 g/mol. The van der Waals surface area contributed by atoms with Gasteiger partial charge in [-0.05, 0) is 42.7 Å². The van der Waals surface area contributed by atoms with Crippen LogP contribution in [0.25, 0.3) is 0 Å². The third kappa shape index (κ3) is 4.41. The van der Waals surface area contributed by atoms with Crippen LogP contribution in [-0.4, -0.2) is 27.6 Å². The van der Waals surface area contributed by atoms with Crippen molar-refractivity contribution in [2.75, 3.05) is 5.32 Å².